The highest BCUT2D eigenvalue weighted by atomic mass is 16.5. The van der Waals surface area contributed by atoms with Crippen molar-refractivity contribution in [2.45, 2.75) is 24.9 Å². The van der Waals surface area contributed by atoms with Crippen molar-refractivity contribution in [1.82, 2.24) is 15.1 Å². The average molecular weight is 403 g/mol. The number of benzene rings is 2. The lowest BCUT2D eigenvalue weighted by molar-refractivity contribution is -0.0946. The third kappa shape index (κ3) is 3.17. The van der Waals surface area contributed by atoms with E-state index >= 15 is 0 Å². The first-order valence-corrected chi connectivity index (χ1v) is 10.4. The average Bonchev–Trinajstić information content (AvgIpc) is 3.34. The highest BCUT2D eigenvalue weighted by molar-refractivity contribution is 5.94. The topological polar surface area (TPSA) is 67.5 Å². The van der Waals surface area contributed by atoms with E-state index in [9.17, 15) is 4.79 Å². The van der Waals surface area contributed by atoms with Gasteiger partial charge in [-0.25, -0.2) is 0 Å². The SMILES string of the molecule is COc1cccc2c1C1(CCN(C(=O)c3ccc(-c4ccn[nH]4)cc3)CC1)OCC2. The minimum atomic E-state index is -0.360. The van der Waals surface area contributed by atoms with E-state index in [0.29, 0.717) is 25.3 Å². The number of piperidine rings is 1. The van der Waals surface area contributed by atoms with E-state index in [4.69, 9.17) is 9.47 Å². The van der Waals surface area contributed by atoms with Gasteiger partial charge in [-0.3, -0.25) is 9.89 Å². The molecule has 1 fully saturated rings. The molecule has 0 radical (unpaired) electrons. The number of fused-ring (bicyclic) bond motifs is 2. The minimum absolute atomic E-state index is 0.0667. The number of likely N-dealkylation sites (tertiary alicyclic amines) is 1. The van der Waals surface area contributed by atoms with Crippen molar-refractivity contribution in [1.29, 1.82) is 0 Å². The van der Waals surface area contributed by atoms with Crippen LogP contribution in [0.25, 0.3) is 11.3 Å². The van der Waals surface area contributed by atoms with Crippen LogP contribution in [0.3, 0.4) is 0 Å². The van der Waals surface area contributed by atoms with Crippen LogP contribution in [0.4, 0.5) is 0 Å². The Morgan fingerprint density at radius 3 is 2.63 bits per heavy atom. The highest BCUT2D eigenvalue weighted by Crippen LogP contribution is 2.45. The summed E-state index contributed by atoms with van der Waals surface area (Å²) in [6, 6.07) is 15.8. The van der Waals surface area contributed by atoms with Crippen molar-refractivity contribution in [3.05, 3.63) is 71.4 Å². The Morgan fingerprint density at radius 2 is 1.93 bits per heavy atom. The standard InChI is InChI=1S/C24H25N3O3/c1-29-21-4-2-3-18-10-16-30-24(22(18)21)11-14-27(15-12-24)23(28)19-7-5-17(6-8-19)20-9-13-25-26-20/h2-9,13H,10-12,14-16H2,1H3,(H,25,26). The number of hydrogen-bond acceptors (Lipinski definition) is 4. The number of nitrogens with zero attached hydrogens (tertiary/aromatic N) is 2. The molecule has 1 spiro atoms. The molecular formula is C24H25N3O3. The van der Waals surface area contributed by atoms with E-state index in [1.54, 1.807) is 13.3 Å². The third-order valence-electron chi connectivity index (χ3n) is 6.34. The minimum Gasteiger partial charge on any atom is -0.496 e. The van der Waals surface area contributed by atoms with Crippen LogP contribution in [0, 0.1) is 0 Å². The summed E-state index contributed by atoms with van der Waals surface area (Å²) in [6.45, 7) is 2.04. The highest BCUT2D eigenvalue weighted by Gasteiger charge is 2.43. The summed E-state index contributed by atoms with van der Waals surface area (Å²) in [6.07, 6.45) is 4.18. The van der Waals surface area contributed by atoms with Crippen LogP contribution < -0.4 is 4.74 Å². The summed E-state index contributed by atoms with van der Waals surface area (Å²) in [7, 11) is 1.71. The molecular weight excluding hydrogens is 378 g/mol. The van der Waals surface area contributed by atoms with Crippen LogP contribution in [-0.4, -0.2) is 47.8 Å². The summed E-state index contributed by atoms with van der Waals surface area (Å²) in [5.74, 6) is 0.957. The zero-order chi connectivity index (χ0) is 20.6. The molecule has 6 nitrogen and oxygen atoms in total. The molecule has 1 amide bonds. The number of aromatic nitrogens is 2. The number of carbonyl (C=O) groups excluding carboxylic acids is 1. The van der Waals surface area contributed by atoms with Crippen molar-refractivity contribution in [2.24, 2.45) is 0 Å². The first-order valence-electron chi connectivity index (χ1n) is 10.4. The summed E-state index contributed by atoms with van der Waals surface area (Å²) in [4.78, 5) is 15.0. The van der Waals surface area contributed by atoms with Crippen LogP contribution in [0.5, 0.6) is 5.75 Å². The second-order valence-electron chi connectivity index (χ2n) is 7.93. The van der Waals surface area contributed by atoms with Crippen molar-refractivity contribution in [2.75, 3.05) is 26.8 Å². The predicted octanol–water partition coefficient (Wildman–Crippen LogP) is 3.79. The molecule has 0 saturated carbocycles. The maximum absolute atomic E-state index is 13.1. The molecule has 3 aromatic rings. The molecule has 2 aliphatic heterocycles. The predicted molar refractivity (Wildman–Crippen MR) is 113 cm³/mol. The first kappa shape index (κ1) is 18.9. The van der Waals surface area contributed by atoms with Gasteiger partial charge >= 0.3 is 0 Å². The maximum atomic E-state index is 13.1. The Labute approximate surface area is 175 Å². The molecule has 1 N–H and O–H groups in total. The van der Waals surface area contributed by atoms with Gasteiger partial charge in [-0.05, 0) is 54.7 Å². The normalized spacial score (nSPS) is 17.6. The number of nitrogens with one attached hydrogen (secondary N) is 1. The lowest BCUT2D eigenvalue weighted by Crippen LogP contribution is -2.48. The number of carbonyl (C=O) groups is 1. The van der Waals surface area contributed by atoms with Crippen LogP contribution >= 0.6 is 0 Å². The second kappa shape index (κ2) is 7.61. The Kier molecular flexibility index (Phi) is 4.79. The summed E-state index contributed by atoms with van der Waals surface area (Å²) < 4.78 is 12.0. The number of H-pyrrole nitrogens is 1. The quantitative estimate of drug-likeness (QED) is 0.723. The molecule has 0 atom stereocenters. The number of methoxy groups -OCH3 is 1. The molecule has 0 bridgehead atoms. The molecule has 0 aliphatic carbocycles. The van der Waals surface area contributed by atoms with Crippen LogP contribution in [-0.2, 0) is 16.8 Å². The number of aromatic amines is 1. The van der Waals surface area contributed by atoms with Gasteiger partial charge in [-0.1, -0.05) is 24.3 Å². The van der Waals surface area contributed by atoms with Crippen molar-refractivity contribution in [3.63, 3.8) is 0 Å². The van der Waals surface area contributed by atoms with Gasteiger partial charge in [-0.2, -0.15) is 5.10 Å². The molecule has 1 saturated heterocycles. The molecule has 30 heavy (non-hydrogen) atoms. The number of amides is 1. The molecule has 154 valence electrons. The Hall–Kier alpha value is -3.12. The second-order valence-corrected chi connectivity index (χ2v) is 7.93. The fourth-order valence-corrected chi connectivity index (χ4v) is 4.76. The molecule has 0 unspecified atom stereocenters. The van der Waals surface area contributed by atoms with Gasteiger partial charge in [0.15, 0.2) is 0 Å². The lowest BCUT2D eigenvalue weighted by Gasteiger charge is -2.45. The van der Waals surface area contributed by atoms with E-state index in [0.717, 1.165) is 36.3 Å². The van der Waals surface area contributed by atoms with Crippen LogP contribution in [0.2, 0.25) is 0 Å². The third-order valence-corrected chi connectivity index (χ3v) is 6.34. The Bertz CT molecular complexity index is 1020. The van der Waals surface area contributed by atoms with Gasteiger partial charge in [0.1, 0.15) is 11.4 Å². The summed E-state index contributed by atoms with van der Waals surface area (Å²) in [5, 5.41) is 6.92. The molecule has 2 aliphatic rings. The van der Waals surface area contributed by atoms with E-state index in [1.807, 2.05) is 47.4 Å². The van der Waals surface area contributed by atoms with Gasteiger partial charge in [0.25, 0.3) is 5.91 Å². The fourth-order valence-electron chi connectivity index (χ4n) is 4.76. The summed E-state index contributed by atoms with van der Waals surface area (Å²) in [5.41, 5.74) is 4.78. The van der Waals surface area contributed by atoms with E-state index in [1.165, 1.54) is 11.1 Å². The zero-order valence-corrected chi connectivity index (χ0v) is 17.1. The smallest absolute Gasteiger partial charge is 0.253 e. The van der Waals surface area contributed by atoms with Gasteiger partial charge in [0.2, 0.25) is 0 Å². The van der Waals surface area contributed by atoms with E-state index in [-0.39, 0.29) is 11.5 Å². The molecule has 1 aromatic heterocycles. The van der Waals surface area contributed by atoms with Gasteiger partial charge in [0.05, 0.1) is 19.4 Å². The van der Waals surface area contributed by atoms with Crippen molar-refractivity contribution < 1.29 is 14.3 Å². The number of rotatable bonds is 3. The summed E-state index contributed by atoms with van der Waals surface area (Å²) >= 11 is 0. The van der Waals surface area contributed by atoms with Crippen LogP contribution in [0.15, 0.2) is 54.7 Å². The van der Waals surface area contributed by atoms with Gasteiger partial charge in [0, 0.05) is 30.4 Å². The van der Waals surface area contributed by atoms with Gasteiger partial charge < -0.3 is 14.4 Å². The van der Waals surface area contributed by atoms with Crippen LogP contribution in [0.1, 0.15) is 34.3 Å². The zero-order valence-electron chi connectivity index (χ0n) is 17.1. The number of ether oxygens (including phenoxy) is 2. The number of hydrogen-bond donors (Lipinski definition) is 1. The largest absolute Gasteiger partial charge is 0.496 e. The lowest BCUT2D eigenvalue weighted by atomic mass is 9.78. The molecule has 5 rings (SSSR count). The molecule has 2 aromatic carbocycles. The monoisotopic (exact) mass is 403 g/mol. The Morgan fingerprint density at radius 1 is 1.13 bits per heavy atom. The molecule has 3 heterocycles. The van der Waals surface area contributed by atoms with Crippen molar-refractivity contribution >= 4 is 5.91 Å². The van der Waals surface area contributed by atoms with Gasteiger partial charge in [-0.15, -0.1) is 0 Å². The van der Waals surface area contributed by atoms with E-state index < -0.39 is 0 Å². The van der Waals surface area contributed by atoms with Crippen molar-refractivity contribution in [3.8, 4) is 17.0 Å². The Balaban J connectivity index is 1.33. The maximum Gasteiger partial charge on any atom is 0.253 e. The first-order chi connectivity index (χ1) is 14.7. The fraction of sp³-hybridized carbons (Fsp3) is 0.333. The van der Waals surface area contributed by atoms with E-state index in [2.05, 4.69) is 16.3 Å². The molecule has 6 heteroatoms.